The number of fused-ring (bicyclic) bond motifs is 2. The Hall–Kier alpha value is -4.01. The summed E-state index contributed by atoms with van der Waals surface area (Å²) in [5.74, 6) is 1.17. The Morgan fingerprint density at radius 1 is 1.07 bits per heavy atom. The van der Waals surface area contributed by atoms with Crippen LogP contribution in [0.4, 0.5) is 5.82 Å². The number of aromatic amines is 1. The average molecular weight is 372 g/mol. The molecular weight excluding hydrogens is 356 g/mol. The van der Waals surface area contributed by atoms with Crippen molar-refractivity contribution in [3.63, 3.8) is 0 Å². The van der Waals surface area contributed by atoms with Gasteiger partial charge in [-0.05, 0) is 31.2 Å². The lowest BCUT2D eigenvalue weighted by molar-refractivity contribution is 0.695. The van der Waals surface area contributed by atoms with E-state index in [2.05, 4.69) is 25.3 Å². The maximum Gasteiger partial charge on any atom is 0.339 e. The van der Waals surface area contributed by atoms with Crippen LogP contribution in [0.1, 0.15) is 18.8 Å². The fourth-order valence-electron chi connectivity index (χ4n) is 3.25. The van der Waals surface area contributed by atoms with Crippen molar-refractivity contribution >= 4 is 22.6 Å². The molecule has 5 aromatic rings. The van der Waals surface area contributed by atoms with Gasteiger partial charge in [0.25, 0.3) is 0 Å². The molecule has 0 fully saturated rings. The topological polar surface area (TPSA) is 106 Å². The normalized spacial score (nSPS) is 12.5. The number of nitrogens with zero attached hydrogens (tertiary/aromatic N) is 6. The van der Waals surface area contributed by atoms with Crippen LogP contribution in [0.5, 0.6) is 0 Å². The number of H-pyrrole nitrogens is 1. The van der Waals surface area contributed by atoms with E-state index < -0.39 is 0 Å². The first-order valence-corrected chi connectivity index (χ1v) is 8.78. The fourth-order valence-corrected chi connectivity index (χ4v) is 3.25. The molecule has 0 saturated heterocycles. The number of anilines is 1. The SMILES string of the molecule is CC(Nc1ncnc2nc[nH]c12)c1nc2cccn2c(=O)n1-c1ccccc1. The van der Waals surface area contributed by atoms with E-state index in [9.17, 15) is 4.79 Å². The first-order valence-electron chi connectivity index (χ1n) is 8.78. The van der Waals surface area contributed by atoms with E-state index in [1.807, 2.05) is 43.3 Å². The van der Waals surface area contributed by atoms with E-state index >= 15 is 0 Å². The van der Waals surface area contributed by atoms with Crippen LogP contribution in [0.3, 0.4) is 0 Å². The van der Waals surface area contributed by atoms with E-state index in [0.717, 1.165) is 5.69 Å². The van der Waals surface area contributed by atoms with Crippen LogP contribution in [0, 0.1) is 0 Å². The predicted octanol–water partition coefficient (Wildman–Crippen LogP) is 2.32. The standard InChI is InChI=1S/C19H16N8O/c1-12(24-17-15-16(21-10-20-15)22-11-23-17)18-25-14-8-5-9-26(14)19(28)27(18)13-6-3-2-4-7-13/h2-12H,1H3,(H2,20,21,22,23,24). The highest BCUT2D eigenvalue weighted by Gasteiger charge is 2.19. The monoisotopic (exact) mass is 372 g/mol. The molecule has 0 bridgehead atoms. The highest BCUT2D eigenvalue weighted by atomic mass is 16.1. The smallest absolute Gasteiger partial charge is 0.339 e. The molecule has 9 nitrogen and oxygen atoms in total. The molecule has 2 N–H and O–H groups in total. The third-order valence-electron chi connectivity index (χ3n) is 4.56. The Bertz CT molecular complexity index is 1330. The number of benzene rings is 1. The zero-order chi connectivity index (χ0) is 19.1. The molecule has 4 heterocycles. The van der Waals surface area contributed by atoms with Gasteiger partial charge in [-0.1, -0.05) is 18.2 Å². The second-order valence-electron chi connectivity index (χ2n) is 6.35. The van der Waals surface area contributed by atoms with Gasteiger partial charge in [-0.15, -0.1) is 0 Å². The Morgan fingerprint density at radius 2 is 1.93 bits per heavy atom. The fraction of sp³-hybridized carbons (Fsp3) is 0.105. The van der Waals surface area contributed by atoms with E-state index in [1.54, 1.807) is 23.2 Å². The molecule has 0 aliphatic carbocycles. The molecule has 0 aliphatic heterocycles. The van der Waals surface area contributed by atoms with E-state index in [0.29, 0.717) is 28.5 Å². The van der Waals surface area contributed by atoms with Crippen LogP contribution >= 0.6 is 0 Å². The minimum Gasteiger partial charge on any atom is -0.358 e. The summed E-state index contributed by atoms with van der Waals surface area (Å²) in [7, 11) is 0. The molecule has 1 unspecified atom stereocenters. The predicted molar refractivity (Wildman–Crippen MR) is 105 cm³/mol. The van der Waals surface area contributed by atoms with Crippen LogP contribution in [0.15, 0.2) is 66.1 Å². The van der Waals surface area contributed by atoms with Crippen molar-refractivity contribution in [2.24, 2.45) is 0 Å². The molecule has 28 heavy (non-hydrogen) atoms. The van der Waals surface area contributed by atoms with Crippen LogP contribution < -0.4 is 11.0 Å². The molecule has 138 valence electrons. The largest absolute Gasteiger partial charge is 0.358 e. The van der Waals surface area contributed by atoms with Crippen molar-refractivity contribution in [2.75, 3.05) is 5.32 Å². The number of para-hydroxylation sites is 1. The number of aromatic nitrogens is 7. The molecule has 1 atom stereocenters. The van der Waals surface area contributed by atoms with Crippen molar-refractivity contribution < 1.29 is 0 Å². The number of nitrogens with one attached hydrogen (secondary N) is 2. The van der Waals surface area contributed by atoms with Crippen molar-refractivity contribution in [3.05, 3.63) is 77.6 Å². The molecule has 0 radical (unpaired) electrons. The van der Waals surface area contributed by atoms with Crippen LogP contribution in [0.2, 0.25) is 0 Å². The first-order chi connectivity index (χ1) is 13.7. The average Bonchev–Trinajstić information content (AvgIpc) is 3.38. The van der Waals surface area contributed by atoms with Crippen molar-refractivity contribution in [1.29, 1.82) is 0 Å². The van der Waals surface area contributed by atoms with Gasteiger partial charge in [0.1, 0.15) is 23.3 Å². The Balaban J connectivity index is 1.67. The van der Waals surface area contributed by atoms with Gasteiger partial charge in [0.15, 0.2) is 11.5 Å². The van der Waals surface area contributed by atoms with Gasteiger partial charge in [0.2, 0.25) is 0 Å². The van der Waals surface area contributed by atoms with Gasteiger partial charge in [-0.3, -0.25) is 4.40 Å². The van der Waals surface area contributed by atoms with E-state index in [4.69, 9.17) is 4.98 Å². The minimum absolute atomic E-state index is 0.181. The summed E-state index contributed by atoms with van der Waals surface area (Å²) in [6.45, 7) is 1.94. The summed E-state index contributed by atoms with van der Waals surface area (Å²) in [6, 6.07) is 12.8. The molecular formula is C19H16N8O. The van der Waals surface area contributed by atoms with Gasteiger partial charge in [-0.25, -0.2) is 29.3 Å². The van der Waals surface area contributed by atoms with Crippen molar-refractivity contribution in [3.8, 4) is 5.69 Å². The third-order valence-corrected chi connectivity index (χ3v) is 4.56. The van der Waals surface area contributed by atoms with Crippen LogP contribution in [-0.2, 0) is 0 Å². The van der Waals surface area contributed by atoms with Crippen LogP contribution in [-0.4, -0.2) is 33.9 Å². The number of rotatable bonds is 4. The zero-order valence-corrected chi connectivity index (χ0v) is 14.9. The van der Waals surface area contributed by atoms with Gasteiger partial charge in [-0.2, -0.15) is 0 Å². The molecule has 0 spiro atoms. The maximum absolute atomic E-state index is 13.2. The highest BCUT2D eigenvalue weighted by Crippen LogP contribution is 2.22. The maximum atomic E-state index is 13.2. The molecule has 1 aromatic carbocycles. The summed E-state index contributed by atoms with van der Waals surface area (Å²) in [4.78, 5) is 33.5. The second kappa shape index (κ2) is 6.31. The van der Waals surface area contributed by atoms with Gasteiger partial charge in [0.05, 0.1) is 18.1 Å². The van der Waals surface area contributed by atoms with Gasteiger partial charge >= 0.3 is 5.69 Å². The Labute approximate surface area is 158 Å². The van der Waals surface area contributed by atoms with E-state index in [1.165, 1.54) is 10.7 Å². The number of hydrogen-bond acceptors (Lipinski definition) is 6. The summed E-state index contributed by atoms with van der Waals surface area (Å²) < 4.78 is 3.14. The zero-order valence-electron chi connectivity index (χ0n) is 14.9. The highest BCUT2D eigenvalue weighted by molar-refractivity contribution is 5.82. The molecule has 0 amide bonds. The molecule has 5 rings (SSSR count). The number of imidazole rings is 1. The van der Waals surface area contributed by atoms with Crippen molar-refractivity contribution in [1.82, 2.24) is 33.9 Å². The third kappa shape index (κ3) is 2.52. The lowest BCUT2D eigenvalue weighted by Gasteiger charge is -2.19. The lowest BCUT2D eigenvalue weighted by Crippen LogP contribution is -2.31. The minimum atomic E-state index is -0.311. The quantitative estimate of drug-likeness (QED) is 0.502. The van der Waals surface area contributed by atoms with Gasteiger partial charge in [0, 0.05) is 6.20 Å². The van der Waals surface area contributed by atoms with Crippen molar-refractivity contribution in [2.45, 2.75) is 13.0 Å². The first kappa shape index (κ1) is 16.2. The number of hydrogen-bond donors (Lipinski definition) is 2. The Morgan fingerprint density at radius 3 is 2.79 bits per heavy atom. The van der Waals surface area contributed by atoms with E-state index in [-0.39, 0.29) is 11.7 Å². The molecule has 9 heteroatoms. The Kier molecular flexibility index (Phi) is 3.64. The molecule has 0 aliphatic rings. The second-order valence-corrected chi connectivity index (χ2v) is 6.35. The van der Waals surface area contributed by atoms with Gasteiger partial charge < -0.3 is 10.3 Å². The molecule has 0 saturated carbocycles. The summed E-state index contributed by atoms with van der Waals surface area (Å²) in [6.07, 6.45) is 4.73. The summed E-state index contributed by atoms with van der Waals surface area (Å²) in [5, 5.41) is 3.33. The summed E-state index contributed by atoms with van der Waals surface area (Å²) >= 11 is 0. The lowest BCUT2D eigenvalue weighted by atomic mass is 10.2. The summed E-state index contributed by atoms with van der Waals surface area (Å²) in [5.41, 5.74) is 2.43. The van der Waals surface area contributed by atoms with Crippen LogP contribution in [0.25, 0.3) is 22.5 Å². The molecule has 4 aromatic heterocycles.